The lowest BCUT2D eigenvalue weighted by molar-refractivity contribution is -0.137. The quantitative estimate of drug-likeness (QED) is 0.552. The van der Waals surface area contributed by atoms with Crippen LogP contribution >= 0.6 is 0 Å². The fourth-order valence-electron chi connectivity index (χ4n) is 1.97. The molecule has 2 amide bonds. The van der Waals surface area contributed by atoms with Gasteiger partial charge in [0.25, 0.3) is 0 Å². The van der Waals surface area contributed by atoms with Crippen molar-refractivity contribution in [3.8, 4) is 0 Å². The summed E-state index contributed by atoms with van der Waals surface area (Å²) >= 11 is 0. The lowest BCUT2D eigenvalue weighted by Gasteiger charge is -2.15. The molecule has 0 unspecified atom stereocenters. The van der Waals surface area contributed by atoms with Crippen molar-refractivity contribution in [2.24, 2.45) is 5.41 Å². The number of aromatic nitrogens is 1. The van der Waals surface area contributed by atoms with Gasteiger partial charge < -0.3 is 15.4 Å². The molecule has 1 aromatic heterocycles. The van der Waals surface area contributed by atoms with Crippen LogP contribution in [0.1, 0.15) is 18.4 Å². The van der Waals surface area contributed by atoms with Crippen LogP contribution in [0.3, 0.4) is 0 Å². The highest BCUT2D eigenvalue weighted by Gasteiger charge is 2.56. The molecule has 6 heteroatoms. The standard InChI is InChI=1S/C14H19N3O3/c1-20-8-7-16-12(18)14(4-5-14)13(19)17-10-11-3-2-6-15-9-11/h2-3,6,9H,4-5,7-8,10H2,1H3,(H,16,18)(H,17,19). The maximum atomic E-state index is 12.2. The van der Waals surface area contributed by atoms with Gasteiger partial charge in [-0.25, -0.2) is 0 Å². The van der Waals surface area contributed by atoms with Crippen molar-refractivity contribution in [1.29, 1.82) is 0 Å². The number of hydrogen-bond donors (Lipinski definition) is 2. The summed E-state index contributed by atoms with van der Waals surface area (Å²) in [7, 11) is 1.57. The molecule has 0 radical (unpaired) electrons. The van der Waals surface area contributed by atoms with Gasteiger partial charge in [0.15, 0.2) is 0 Å². The maximum Gasteiger partial charge on any atom is 0.235 e. The van der Waals surface area contributed by atoms with Crippen LogP contribution in [-0.2, 0) is 20.9 Å². The van der Waals surface area contributed by atoms with Gasteiger partial charge in [-0.3, -0.25) is 14.6 Å². The second-order valence-electron chi connectivity index (χ2n) is 4.87. The van der Waals surface area contributed by atoms with Crippen LogP contribution in [-0.4, -0.2) is 37.1 Å². The zero-order chi connectivity index (χ0) is 14.4. The Labute approximate surface area is 117 Å². The van der Waals surface area contributed by atoms with Crippen LogP contribution < -0.4 is 10.6 Å². The first kappa shape index (κ1) is 14.5. The molecule has 2 N–H and O–H groups in total. The minimum atomic E-state index is -0.879. The summed E-state index contributed by atoms with van der Waals surface area (Å²) in [4.78, 5) is 28.1. The Morgan fingerprint density at radius 2 is 2.10 bits per heavy atom. The topological polar surface area (TPSA) is 80.3 Å². The van der Waals surface area contributed by atoms with Gasteiger partial charge in [0.2, 0.25) is 11.8 Å². The number of pyridine rings is 1. The average Bonchev–Trinajstić information content (AvgIpc) is 3.28. The second-order valence-corrected chi connectivity index (χ2v) is 4.87. The van der Waals surface area contributed by atoms with Crippen LogP contribution in [0.2, 0.25) is 0 Å². The minimum Gasteiger partial charge on any atom is -0.383 e. The number of amides is 2. The lowest BCUT2D eigenvalue weighted by atomic mass is 10.1. The summed E-state index contributed by atoms with van der Waals surface area (Å²) in [6.45, 7) is 1.26. The fourth-order valence-corrected chi connectivity index (χ4v) is 1.97. The Morgan fingerprint density at radius 1 is 1.35 bits per heavy atom. The van der Waals surface area contributed by atoms with E-state index in [2.05, 4.69) is 15.6 Å². The highest BCUT2D eigenvalue weighted by atomic mass is 16.5. The Hall–Kier alpha value is -1.95. The fraction of sp³-hybridized carbons (Fsp3) is 0.500. The maximum absolute atomic E-state index is 12.2. The van der Waals surface area contributed by atoms with Gasteiger partial charge in [0.05, 0.1) is 6.61 Å². The van der Waals surface area contributed by atoms with E-state index in [-0.39, 0.29) is 11.8 Å². The summed E-state index contributed by atoms with van der Waals surface area (Å²) in [5, 5.41) is 5.53. The van der Waals surface area contributed by atoms with Gasteiger partial charge in [-0.1, -0.05) is 6.07 Å². The van der Waals surface area contributed by atoms with E-state index in [1.807, 2.05) is 12.1 Å². The number of carbonyl (C=O) groups is 2. The zero-order valence-corrected chi connectivity index (χ0v) is 11.5. The molecule has 1 aromatic rings. The van der Waals surface area contributed by atoms with Gasteiger partial charge in [-0.15, -0.1) is 0 Å². The predicted octanol–water partition coefficient (Wildman–Crippen LogP) is 0.241. The smallest absolute Gasteiger partial charge is 0.235 e. The van der Waals surface area contributed by atoms with Crippen molar-refractivity contribution in [3.05, 3.63) is 30.1 Å². The molecule has 1 aliphatic carbocycles. The van der Waals surface area contributed by atoms with Gasteiger partial charge in [0, 0.05) is 32.6 Å². The normalized spacial score (nSPS) is 15.4. The Kier molecular flexibility index (Phi) is 4.68. The number of nitrogens with one attached hydrogen (secondary N) is 2. The molecule has 6 nitrogen and oxygen atoms in total. The predicted molar refractivity (Wildman–Crippen MR) is 72.6 cm³/mol. The van der Waals surface area contributed by atoms with E-state index in [1.54, 1.807) is 19.5 Å². The molecule has 0 aliphatic heterocycles. The van der Waals surface area contributed by atoms with Crippen molar-refractivity contribution >= 4 is 11.8 Å². The number of rotatable bonds is 7. The van der Waals surface area contributed by atoms with Crippen LogP contribution in [0.4, 0.5) is 0 Å². The number of methoxy groups -OCH3 is 1. The summed E-state index contributed by atoms with van der Waals surface area (Å²) < 4.78 is 4.87. The number of carbonyl (C=O) groups excluding carboxylic acids is 2. The third kappa shape index (κ3) is 3.33. The molecule has 0 saturated heterocycles. The molecule has 0 bridgehead atoms. The van der Waals surface area contributed by atoms with E-state index in [0.717, 1.165) is 5.56 Å². The van der Waals surface area contributed by atoms with E-state index >= 15 is 0 Å². The van der Waals surface area contributed by atoms with Crippen molar-refractivity contribution in [2.45, 2.75) is 19.4 Å². The first-order chi connectivity index (χ1) is 9.69. The van der Waals surface area contributed by atoms with Gasteiger partial charge in [-0.2, -0.15) is 0 Å². The number of hydrogen-bond acceptors (Lipinski definition) is 4. The molecule has 1 aliphatic rings. The van der Waals surface area contributed by atoms with E-state index in [1.165, 1.54) is 0 Å². The molecular weight excluding hydrogens is 258 g/mol. The van der Waals surface area contributed by atoms with E-state index in [4.69, 9.17) is 4.74 Å². The highest BCUT2D eigenvalue weighted by Crippen LogP contribution is 2.46. The summed E-state index contributed by atoms with van der Waals surface area (Å²) in [6.07, 6.45) is 4.57. The molecule has 108 valence electrons. The van der Waals surface area contributed by atoms with Gasteiger partial charge in [0.1, 0.15) is 5.41 Å². The van der Waals surface area contributed by atoms with E-state index in [0.29, 0.717) is 32.5 Å². The monoisotopic (exact) mass is 277 g/mol. The second kappa shape index (κ2) is 6.47. The summed E-state index contributed by atoms with van der Waals surface area (Å²) in [5.41, 5.74) is 0.0344. The number of nitrogens with zero attached hydrogens (tertiary/aromatic N) is 1. The summed E-state index contributed by atoms with van der Waals surface area (Å²) in [5.74, 6) is -0.422. The molecule has 2 rings (SSSR count). The van der Waals surface area contributed by atoms with Crippen molar-refractivity contribution < 1.29 is 14.3 Å². The molecule has 1 saturated carbocycles. The van der Waals surface area contributed by atoms with Crippen molar-refractivity contribution in [1.82, 2.24) is 15.6 Å². The van der Waals surface area contributed by atoms with Gasteiger partial charge >= 0.3 is 0 Å². The third-order valence-corrected chi connectivity index (χ3v) is 3.39. The molecular formula is C14H19N3O3. The van der Waals surface area contributed by atoms with Crippen LogP contribution in [0, 0.1) is 5.41 Å². The van der Waals surface area contributed by atoms with E-state index < -0.39 is 5.41 Å². The molecule has 1 fully saturated rings. The molecule has 1 heterocycles. The number of ether oxygens (including phenoxy) is 1. The first-order valence-corrected chi connectivity index (χ1v) is 6.63. The molecule has 0 atom stereocenters. The summed E-state index contributed by atoms with van der Waals surface area (Å²) in [6, 6.07) is 3.69. The molecule has 20 heavy (non-hydrogen) atoms. The largest absolute Gasteiger partial charge is 0.383 e. The molecule has 0 spiro atoms. The average molecular weight is 277 g/mol. The first-order valence-electron chi connectivity index (χ1n) is 6.63. The highest BCUT2D eigenvalue weighted by molar-refractivity contribution is 6.07. The van der Waals surface area contributed by atoms with Crippen LogP contribution in [0.5, 0.6) is 0 Å². The van der Waals surface area contributed by atoms with Crippen LogP contribution in [0.25, 0.3) is 0 Å². The van der Waals surface area contributed by atoms with Crippen LogP contribution in [0.15, 0.2) is 24.5 Å². The van der Waals surface area contributed by atoms with Gasteiger partial charge in [-0.05, 0) is 24.5 Å². The van der Waals surface area contributed by atoms with Crippen molar-refractivity contribution in [2.75, 3.05) is 20.3 Å². The SMILES string of the molecule is COCCNC(=O)C1(C(=O)NCc2cccnc2)CC1. The lowest BCUT2D eigenvalue weighted by Crippen LogP contribution is -2.43. The molecule has 0 aromatic carbocycles. The Morgan fingerprint density at radius 3 is 2.70 bits per heavy atom. The minimum absolute atomic E-state index is 0.210. The third-order valence-electron chi connectivity index (χ3n) is 3.39. The zero-order valence-electron chi connectivity index (χ0n) is 11.5. The van der Waals surface area contributed by atoms with E-state index in [9.17, 15) is 9.59 Å². The Balaban J connectivity index is 1.83. The van der Waals surface area contributed by atoms with Crippen molar-refractivity contribution in [3.63, 3.8) is 0 Å². The Bertz CT molecular complexity index is 472.